The van der Waals surface area contributed by atoms with E-state index >= 15 is 0 Å². The van der Waals surface area contributed by atoms with Crippen molar-refractivity contribution in [2.45, 2.75) is 6.42 Å². The van der Waals surface area contributed by atoms with Gasteiger partial charge in [0, 0.05) is 18.2 Å². The van der Waals surface area contributed by atoms with Gasteiger partial charge >= 0.3 is 0 Å². The summed E-state index contributed by atoms with van der Waals surface area (Å²) in [6.07, 6.45) is 2.24. The van der Waals surface area contributed by atoms with Crippen LogP contribution in [0.5, 0.6) is 11.5 Å². The van der Waals surface area contributed by atoms with Crippen molar-refractivity contribution in [2.75, 3.05) is 7.11 Å². The molecule has 0 atom stereocenters. The molecule has 1 heterocycles. The van der Waals surface area contributed by atoms with Gasteiger partial charge in [-0.25, -0.2) is 0 Å². The molecule has 0 saturated carbocycles. The van der Waals surface area contributed by atoms with Gasteiger partial charge in [-0.15, -0.1) is 0 Å². The van der Waals surface area contributed by atoms with Crippen LogP contribution in [0.2, 0.25) is 0 Å². The summed E-state index contributed by atoms with van der Waals surface area (Å²) in [5.74, 6) is 1.03. The van der Waals surface area contributed by atoms with E-state index in [2.05, 4.69) is 4.98 Å². The molecule has 82 valence electrons. The molecule has 0 radical (unpaired) electrons. The first kappa shape index (κ1) is 10.5. The maximum absolute atomic E-state index is 9.63. The van der Waals surface area contributed by atoms with Crippen LogP contribution >= 0.6 is 0 Å². The topological polar surface area (TPSA) is 42.4 Å². The van der Waals surface area contributed by atoms with Crippen LogP contribution in [0, 0.1) is 0 Å². The fraction of sp³-hybridized carbons (Fsp3) is 0.154. The van der Waals surface area contributed by atoms with E-state index in [1.807, 2.05) is 24.3 Å². The van der Waals surface area contributed by atoms with Gasteiger partial charge in [0.15, 0.2) is 0 Å². The van der Waals surface area contributed by atoms with Crippen LogP contribution in [0.3, 0.4) is 0 Å². The number of aromatic hydroxyl groups is 1. The van der Waals surface area contributed by atoms with Gasteiger partial charge < -0.3 is 9.84 Å². The third kappa shape index (κ3) is 2.14. The molecule has 0 unspecified atom stereocenters. The number of rotatable bonds is 3. The van der Waals surface area contributed by atoms with Crippen molar-refractivity contribution in [1.29, 1.82) is 0 Å². The number of methoxy groups -OCH3 is 1. The molecule has 0 fully saturated rings. The monoisotopic (exact) mass is 215 g/mol. The van der Waals surface area contributed by atoms with Gasteiger partial charge in [-0.1, -0.05) is 18.2 Å². The molecule has 0 spiro atoms. The molecule has 0 aliphatic heterocycles. The minimum Gasteiger partial charge on any atom is -0.506 e. The zero-order valence-corrected chi connectivity index (χ0v) is 9.05. The zero-order valence-electron chi connectivity index (χ0n) is 9.05. The summed E-state index contributed by atoms with van der Waals surface area (Å²) in [6, 6.07) is 11.1. The highest BCUT2D eigenvalue weighted by molar-refractivity contribution is 5.38. The molecule has 3 heteroatoms. The van der Waals surface area contributed by atoms with E-state index in [1.54, 1.807) is 25.4 Å². The maximum atomic E-state index is 9.63. The third-order valence-electron chi connectivity index (χ3n) is 2.42. The summed E-state index contributed by atoms with van der Waals surface area (Å²) in [5.41, 5.74) is 1.67. The molecule has 3 nitrogen and oxygen atoms in total. The summed E-state index contributed by atoms with van der Waals surface area (Å²) in [5, 5.41) is 9.63. The minimum atomic E-state index is 0.216. The molecule has 1 aromatic carbocycles. The number of aromatic nitrogens is 1. The molecule has 1 N–H and O–H groups in total. The Morgan fingerprint density at radius 2 is 2.00 bits per heavy atom. The lowest BCUT2D eigenvalue weighted by Gasteiger charge is -2.08. The fourth-order valence-electron chi connectivity index (χ4n) is 1.60. The molecule has 0 amide bonds. The Morgan fingerprint density at radius 3 is 2.75 bits per heavy atom. The minimum absolute atomic E-state index is 0.216. The Morgan fingerprint density at radius 1 is 1.19 bits per heavy atom. The fourth-order valence-corrected chi connectivity index (χ4v) is 1.60. The van der Waals surface area contributed by atoms with Gasteiger partial charge in [0.05, 0.1) is 12.8 Å². The second-order valence-corrected chi connectivity index (χ2v) is 3.46. The molecule has 0 saturated heterocycles. The number of nitrogens with zero attached hydrogens (tertiary/aromatic N) is 1. The largest absolute Gasteiger partial charge is 0.506 e. The second-order valence-electron chi connectivity index (χ2n) is 3.46. The quantitative estimate of drug-likeness (QED) is 0.854. The van der Waals surface area contributed by atoms with E-state index in [0.29, 0.717) is 12.1 Å². The molecule has 0 bridgehead atoms. The van der Waals surface area contributed by atoms with Crippen molar-refractivity contribution in [2.24, 2.45) is 0 Å². The molecule has 1 aromatic heterocycles. The van der Waals surface area contributed by atoms with Gasteiger partial charge in [-0.3, -0.25) is 4.98 Å². The first-order valence-corrected chi connectivity index (χ1v) is 5.06. The lowest BCUT2D eigenvalue weighted by molar-refractivity contribution is 0.410. The highest BCUT2D eigenvalue weighted by Crippen LogP contribution is 2.23. The number of para-hydroxylation sites is 1. The molecule has 0 aliphatic carbocycles. The summed E-state index contributed by atoms with van der Waals surface area (Å²) in [7, 11) is 1.64. The van der Waals surface area contributed by atoms with Gasteiger partial charge in [-0.2, -0.15) is 0 Å². The maximum Gasteiger partial charge on any atom is 0.137 e. The number of pyridine rings is 1. The molecule has 2 rings (SSSR count). The average molecular weight is 215 g/mol. The zero-order chi connectivity index (χ0) is 11.4. The highest BCUT2D eigenvalue weighted by Gasteiger charge is 2.06. The van der Waals surface area contributed by atoms with Crippen molar-refractivity contribution in [3.05, 3.63) is 53.9 Å². The lowest BCUT2D eigenvalue weighted by Crippen LogP contribution is -1.95. The number of ether oxygens (including phenoxy) is 1. The molecular formula is C13H13NO2. The molecule has 2 aromatic rings. The molecule has 16 heavy (non-hydrogen) atoms. The Hall–Kier alpha value is -2.03. The van der Waals surface area contributed by atoms with Crippen LogP contribution < -0.4 is 4.74 Å². The van der Waals surface area contributed by atoms with E-state index in [4.69, 9.17) is 4.74 Å². The smallest absolute Gasteiger partial charge is 0.137 e. The summed E-state index contributed by atoms with van der Waals surface area (Å²) >= 11 is 0. The SMILES string of the molecule is COc1ccccc1Cc1ncccc1O. The Bertz CT molecular complexity index is 483. The number of benzene rings is 1. The Kier molecular flexibility index (Phi) is 3.05. The summed E-state index contributed by atoms with van der Waals surface area (Å²) < 4.78 is 5.25. The summed E-state index contributed by atoms with van der Waals surface area (Å²) in [6.45, 7) is 0. The van der Waals surface area contributed by atoms with Crippen molar-refractivity contribution < 1.29 is 9.84 Å². The van der Waals surface area contributed by atoms with Crippen molar-refractivity contribution in [3.8, 4) is 11.5 Å². The van der Waals surface area contributed by atoms with Gasteiger partial charge in [0.25, 0.3) is 0 Å². The predicted octanol–water partition coefficient (Wildman–Crippen LogP) is 2.39. The Balaban J connectivity index is 2.30. The van der Waals surface area contributed by atoms with E-state index in [0.717, 1.165) is 11.3 Å². The van der Waals surface area contributed by atoms with Crippen LogP contribution in [-0.2, 0) is 6.42 Å². The van der Waals surface area contributed by atoms with Crippen LogP contribution in [0.1, 0.15) is 11.3 Å². The number of hydrogen-bond donors (Lipinski definition) is 1. The van der Waals surface area contributed by atoms with Gasteiger partial charge in [0.2, 0.25) is 0 Å². The van der Waals surface area contributed by atoms with Crippen molar-refractivity contribution in [1.82, 2.24) is 4.98 Å². The average Bonchev–Trinajstić information content (AvgIpc) is 2.33. The standard InChI is InChI=1S/C13H13NO2/c1-16-13-7-3-2-5-10(13)9-11-12(15)6-4-8-14-11/h2-8,15H,9H2,1H3. The van der Waals surface area contributed by atoms with Crippen LogP contribution in [0.25, 0.3) is 0 Å². The van der Waals surface area contributed by atoms with Gasteiger partial charge in [-0.05, 0) is 18.2 Å². The Labute approximate surface area is 94.3 Å². The van der Waals surface area contributed by atoms with E-state index in [-0.39, 0.29) is 5.75 Å². The van der Waals surface area contributed by atoms with E-state index < -0.39 is 0 Å². The van der Waals surface area contributed by atoms with Crippen LogP contribution in [0.4, 0.5) is 0 Å². The summed E-state index contributed by atoms with van der Waals surface area (Å²) in [4.78, 5) is 4.14. The second kappa shape index (κ2) is 4.66. The van der Waals surface area contributed by atoms with Crippen LogP contribution in [-0.4, -0.2) is 17.2 Å². The lowest BCUT2D eigenvalue weighted by atomic mass is 10.1. The van der Waals surface area contributed by atoms with E-state index in [9.17, 15) is 5.11 Å². The number of hydrogen-bond acceptors (Lipinski definition) is 3. The highest BCUT2D eigenvalue weighted by atomic mass is 16.5. The predicted molar refractivity (Wildman–Crippen MR) is 61.7 cm³/mol. The molecule has 0 aliphatic rings. The van der Waals surface area contributed by atoms with Crippen LogP contribution in [0.15, 0.2) is 42.6 Å². The normalized spacial score (nSPS) is 10.1. The van der Waals surface area contributed by atoms with Crippen molar-refractivity contribution in [3.63, 3.8) is 0 Å². The van der Waals surface area contributed by atoms with E-state index in [1.165, 1.54) is 0 Å². The van der Waals surface area contributed by atoms with Crippen molar-refractivity contribution >= 4 is 0 Å². The van der Waals surface area contributed by atoms with Gasteiger partial charge in [0.1, 0.15) is 11.5 Å². The first-order chi connectivity index (χ1) is 7.81. The first-order valence-electron chi connectivity index (χ1n) is 5.06. The third-order valence-corrected chi connectivity index (χ3v) is 2.42. The molecular weight excluding hydrogens is 202 g/mol.